The number of rotatable bonds is 3. The quantitative estimate of drug-likeness (QED) is 0.786. The van der Waals surface area contributed by atoms with Crippen LogP contribution in [0.1, 0.15) is 28.5 Å². The topological polar surface area (TPSA) is 39.2 Å². The van der Waals surface area contributed by atoms with Gasteiger partial charge in [0.15, 0.2) is 0 Å². The molecule has 0 spiro atoms. The number of aromatic nitrogens is 1. The monoisotopic (exact) mass is 333 g/mol. The van der Waals surface area contributed by atoms with Crippen LogP contribution < -0.4 is 0 Å². The van der Waals surface area contributed by atoms with Crippen LogP contribution in [0.4, 0.5) is 0 Å². The van der Waals surface area contributed by atoms with Crippen LogP contribution in [0, 0.1) is 13.8 Å². The summed E-state index contributed by atoms with van der Waals surface area (Å²) in [7, 11) is 0. The molecule has 0 saturated heterocycles. The molecule has 0 radical (unpaired) electrons. The van der Waals surface area contributed by atoms with Crippen LogP contribution in [0.15, 0.2) is 34.8 Å². The van der Waals surface area contributed by atoms with Crippen LogP contribution in [-0.4, -0.2) is 17.6 Å². The van der Waals surface area contributed by atoms with Crippen LogP contribution in [0.5, 0.6) is 0 Å². The largest absolute Gasteiger partial charge is 0.462 e. The third kappa shape index (κ3) is 3.07. The molecule has 0 aliphatic heterocycles. The van der Waals surface area contributed by atoms with Gasteiger partial charge in [-0.3, -0.25) is 4.98 Å². The van der Waals surface area contributed by atoms with Crippen molar-refractivity contribution < 1.29 is 9.53 Å². The molecule has 2 rings (SSSR count). The van der Waals surface area contributed by atoms with E-state index in [0.29, 0.717) is 17.9 Å². The zero-order valence-corrected chi connectivity index (χ0v) is 13.3. The molecule has 0 atom stereocenters. The number of aryl methyl sites for hydroxylation is 2. The lowest BCUT2D eigenvalue weighted by Gasteiger charge is -2.11. The van der Waals surface area contributed by atoms with Crippen molar-refractivity contribution in [1.29, 1.82) is 0 Å². The molecule has 0 bridgehead atoms. The van der Waals surface area contributed by atoms with Gasteiger partial charge in [0.2, 0.25) is 0 Å². The lowest BCUT2D eigenvalue weighted by Crippen LogP contribution is -2.09. The molecule has 2 aromatic rings. The Hall–Kier alpha value is -1.68. The predicted molar refractivity (Wildman–Crippen MR) is 82.8 cm³/mol. The molecule has 0 saturated carbocycles. The fourth-order valence-electron chi connectivity index (χ4n) is 2.05. The van der Waals surface area contributed by atoms with Gasteiger partial charge in [-0.05, 0) is 44.5 Å². The van der Waals surface area contributed by atoms with E-state index in [2.05, 4.69) is 20.9 Å². The van der Waals surface area contributed by atoms with Crippen molar-refractivity contribution in [3.63, 3.8) is 0 Å². The van der Waals surface area contributed by atoms with Crippen LogP contribution >= 0.6 is 15.9 Å². The minimum atomic E-state index is -0.318. The highest BCUT2D eigenvalue weighted by molar-refractivity contribution is 9.10. The maximum atomic E-state index is 11.8. The molecule has 3 nitrogen and oxygen atoms in total. The zero-order chi connectivity index (χ0) is 14.7. The Bertz CT molecular complexity index is 653. The molecule has 0 unspecified atom stereocenters. The lowest BCUT2D eigenvalue weighted by molar-refractivity contribution is 0.0525. The molecular weight excluding hydrogens is 318 g/mol. The number of benzene rings is 1. The summed E-state index contributed by atoms with van der Waals surface area (Å²) in [5, 5.41) is 0. The van der Waals surface area contributed by atoms with Crippen LogP contribution in [0.2, 0.25) is 0 Å². The van der Waals surface area contributed by atoms with Crippen LogP contribution in [0.25, 0.3) is 11.3 Å². The van der Waals surface area contributed by atoms with Gasteiger partial charge in [-0.2, -0.15) is 0 Å². The third-order valence-electron chi connectivity index (χ3n) is 3.00. The molecule has 4 heteroatoms. The van der Waals surface area contributed by atoms with Gasteiger partial charge in [-0.1, -0.05) is 28.1 Å². The normalized spacial score (nSPS) is 10.4. The van der Waals surface area contributed by atoms with E-state index < -0.39 is 0 Å². The summed E-state index contributed by atoms with van der Waals surface area (Å²) in [5.74, 6) is -0.318. The van der Waals surface area contributed by atoms with E-state index in [1.54, 1.807) is 6.92 Å². The molecule has 0 amide bonds. The summed E-state index contributed by atoms with van der Waals surface area (Å²) in [6, 6.07) is 9.80. The second kappa shape index (κ2) is 6.18. The highest BCUT2D eigenvalue weighted by Gasteiger charge is 2.15. The van der Waals surface area contributed by atoms with Crippen molar-refractivity contribution in [2.45, 2.75) is 20.8 Å². The summed E-state index contributed by atoms with van der Waals surface area (Å²) in [6.07, 6.45) is 0. The molecule has 1 aromatic heterocycles. The SMILES string of the molecule is CCOC(=O)c1cc(C)c(-c2cccc(Br)c2)nc1C. The van der Waals surface area contributed by atoms with Gasteiger partial charge < -0.3 is 4.74 Å². The first kappa shape index (κ1) is 14.7. The lowest BCUT2D eigenvalue weighted by atomic mass is 10.0. The van der Waals surface area contributed by atoms with Crippen molar-refractivity contribution in [2.24, 2.45) is 0 Å². The maximum Gasteiger partial charge on any atom is 0.339 e. The Morgan fingerprint density at radius 3 is 2.70 bits per heavy atom. The van der Waals surface area contributed by atoms with Crippen molar-refractivity contribution in [3.05, 3.63) is 51.6 Å². The average molecular weight is 334 g/mol. The van der Waals surface area contributed by atoms with Gasteiger partial charge in [-0.15, -0.1) is 0 Å². The van der Waals surface area contributed by atoms with E-state index in [1.807, 2.05) is 44.2 Å². The second-order valence-corrected chi connectivity index (χ2v) is 5.43. The van der Waals surface area contributed by atoms with Crippen molar-refractivity contribution in [3.8, 4) is 11.3 Å². The maximum absolute atomic E-state index is 11.8. The number of hydrogen-bond acceptors (Lipinski definition) is 3. The summed E-state index contributed by atoms with van der Waals surface area (Å²) >= 11 is 3.46. The van der Waals surface area contributed by atoms with Crippen LogP contribution in [0.3, 0.4) is 0 Å². The van der Waals surface area contributed by atoms with E-state index in [0.717, 1.165) is 21.3 Å². The van der Waals surface area contributed by atoms with Gasteiger partial charge in [0, 0.05) is 10.0 Å². The first-order valence-corrected chi connectivity index (χ1v) is 7.23. The molecule has 104 valence electrons. The number of ether oxygens (including phenoxy) is 1. The van der Waals surface area contributed by atoms with Crippen molar-refractivity contribution >= 4 is 21.9 Å². The molecular formula is C16H16BrNO2. The molecule has 1 aromatic carbocycles. The fraction of sp³-hybridized carbons (Fsp3) is 0.250. The summed E-state index contributed by atoms with van der Waals surface area (Å²) in [5.41, 5.74) is 4.08. The number of carbonyl (C=O) groups excluding carboxylic acids is 1. The molecule has 20 heavy (non-hydrogen) atoms. The number of carbonyl (C=O) groups is 1. The highest BCUT2D eigenvalue weighted by Crippen LogP contribution is 2.26. The van der Waals surface area contributed by atoms with Crippen molar-refractivity contribution in [1.82, 2.24) is 4.98 Å². The molecule has 1 heterocycles. The standard InChI is InChI=1S/C16H16BrNO2/c1-4-20-16(19)14-8-10(2)15(18-11(14)3)12-6-5-7-13(17)9-12/h5-9H,4H2,1-3H3. The number of pyridine rings is 1. The second-order valence-electron chi connectivity index (χ2n) is 4.52. The molecule has 0 aliphatic rings. The minimum Gasteiger partial charge on any atom is -0.462 e. The number of hydrogen-bond donors (Lipinski definition) is 0. The van der Waals surface area contributed by atoms with E-state index in [9.17, 15) is 4.79 Å². The molecule has 0 N–H and O–H groups in total. The predicted octanol–water partition coefficient (Wildman–Crippen LogP) is 4.30. The summed E-state index contributed by atoms with van der Waals surface area (Å²) < 4.78 is 6.05. The van der Waals surface area contributed by atoms with Gasteiger partial charge in [0.25, 0.3) is 0 Å². The first-order valence-electron chi connectivity index (χ1n) is 6.44. The van der Waals surface area contributed by atoms with Crippen LogP contribution in [-0.2, 0) is 4.74 Å². The number of esters is 1. The third-order valence-corrected chi connectivity index (χ3v) is 3.49. The smallest absolute Gasteiger partial charge is 0.339 e. The van der Waals surface area contributed by atoms with Gasteiger partial charge in [0.1, 0.15) is 0 Å². The van der Waals surface area contributed by atoms with E-state index in [-0.39, 0.29) is 5.97 Å². The molecule has 0 fully saturated rings. The van der Waals surface area contributed by atoms with Gasteiger partial charge in [-0.25, -0.2) is 4.79 Å². The zero-order valence-electron chi connectivity index (χ0n) is 11.7. The number of nitrogens with zero attached hydrogens (tertiary/aromatic N) is 1. The van der Waals surface area contributed by atoms with Gasteiger partial charge in [0.05, 0.1) is 23.6 Å². The van der Waals surface area contributed by atoms with E-state index in [1.165, 1.54) is 0 Å². The Kier molecular flexibility index (Phi) is 4.55. The van der Waals surface area contributed by atoms with E-state index >= 15 is 0 Å². The summed E-state index contributed by atoms with van der Waals surface area (Å²) in [6.45, 7) is 5.94. The first-order chi connectivity index (χ1) is 9.52. The summed E-state index contributed by atoms with van der Waals surface area (Å²) in [4.78, 5) is 16.4. The number of halogens is 1. The Labute approximate surface area is 127 Å². The Morgan fingerprint density at radius 1 is 1.30 bits per heavy atom. The van der Waals surface area contributed by atoms with E-state index in [4.69, 9.17) is 4.74 Å². The average Bonchev–Trinajstić information content (AvgIpc) is 2.41. The Balaban J connectivity index is 2.48. The Morgan fingerprint density at radius 2 is 2.05 bits per heavy atom. The fourth-order valence-corrected chi connectivity index (χ4v) is 2.45. The highest BCUT2D eigenvalue weighted by atomic mass is 79.9. The van der Waals surface area contributed by atoms with Crippen molar-refractivity contribution in [2.75, 3.05) is 6.61 Å². The minimum absolute atomic E-state index is 0.318. The molecule has 0 aliphatic carbocycles. The van der Waals surface area contributed by atoms with Gasteiger partial charge >= 0.3 is 5.97 Å².